The largest absolute Gasteiger partial charge is 0.339 e. The average Bonchev–Trinajstić information content (AvgIpc) is 2.55. The predicted octanol–water partition coefficient (Wildman–Crippen LogP) is 1.35. The molecular weight excluding hydrogens is 306 g/mol. The van der Waals surface area contributed by atoms with E-state index in [2.05, 4.69) is 0 Å². The molecule has 1 aromatic rings. The molecule has 24 heavy (non-hydrogen) atoms. The SMILES string of the molecule is CC(=O)N1CCN(C(=O)CN(C(C)=O)c2cccc(C)c2C)CC1. The van der Waals surface area contributed by atoms with Gasteiger partial charge in [0.1, 0.15) is 6.54 Å². The zero-order chi connectivity index (χ0) is 17.9. The van der Waals surface area contributed by atoms with Crippen molar-refractivity contribution < 1.29 is 14.4 Å². The number of hydrogen-bond donors (Lipinski definition) is 0. The number of benzene rings is 1. The Morgan fingerprint density at radius 3 is 2.12 bits per heavy atom. The molecule has 0 unspecified atom stereocenters. The number of carbonyl (C=O) groups excluding carboxylic acids is 3. The summed E-state index contributed by atoms with van der Waals surface area (Å²) in [5, 5.41) is 0. The lowest BCUT2D eigenvalue weighted by atomic mass is 10.1. The molecule has 3 amide bonds. The molecule has 1 heterocycles. The van der Waals surface area contributed by atoms with Gasteiger partial charge in [0.2, 0.25) is 17.7 Å². The molecule has 0 radical (unpaired) electrons. The fraction of sp³-hybridized carbons (Fsp3) is 0.500. The highest BCUT2D eigenvalue weighted by Gasteiger charge is 2.25. The Labute approximate surface area is 143 Å². The highest BCUT2D eigenvalue weighted by atomic mass is 16.2. The van der Waals surface area contributed by atoms with Crippen molar-refractivity contribution >= 4 is 23.4 Å². The second-order valence-corrected chi connectivity index (χ2v) is 6.21. The fourth-order valence-corrected chi connectivity index (χ4v) is 2.90. The summed E-state index contributed by atoms with van der Waals surface area (Å²) in [5.74, 6) is -0.212. The van der Waals surface area contributed by atoms with E-state index >= 15 is 0 Å². The van der Waals surface area contributed by atoms with Crippen molar-refractivity contribution in [1.82, 2.24) is 9.80 Å². The summed E-state index contributed by atoms with van der Waals surface area (Å²) in [6.07, 6.45) is 0. The number of piperazine rings is 1. The Morgan fingerprint density at radius 1 is 1.00 bits per heavy atom. The molecule has 6 nitrogen and oxygen atoms in total. The summed E-state index contributed by atoms with van der Waals surface area (Å²) in [7, 11) is 0. The zero-order valence-electron chi connectivity index (χ0n) is 14.8. The van der Waals surface area contributed by atoms with Crippen molar-refractivity contribution in [3.63, 3.8) is 0 Å². The lowest BCUT2D eigenvalue weighted by Crippen LogP contribution is -2.52. The third-order valence-electron chi connectivity index (χ3n) is 4.62. The number of amides is 3. The maximum Gasteiger partial charge on any atom is 0.242 e. The van der Waals surface area contributed by atoms with Crippen LogP contribution in [0.5, 0.6) is 0 Å². The molecule has 0 atom stereocenters. The minimum atomic E-state index is -0.153. The van der Waals surface area contributed by atoms with Crippen molar-refractivity contribution in [3.8, 4) is 0 Å². The van der Waals surface area contributed by atoms with Gasteiger partial charge in [0.05, 0.1) is 0 Å². The molecule has 0 aliphatic carbocycles. The van der Waals surface area contributed by atoms with Gasteiger partial charge in [-0.15, -0.1) is 0 Å². The molecule has 0 aromatic heterocycles. The van der Waals surface area contributed by atoms with Crippen LogP contribution < -0.4 is 4.90 Å². The van der Waals surface area contributed by atoms with Gasteiger partial charge in [-0.2, -0.15) is 0 Å². The molecule has 0 bridgehead atoms. The summed E-state index contributed by atoms with van der Waals surface area (Å²) in [6, 6.07) is 5.74. The molecule has 1 fully saturated rings. The smallest absolute Gasteiger partial charge is 0.242 e. The van der Waals surface area contributed by atoms with Crippen LogP contribution in [0, 0.1) is 13.8 Å². The van der Waals surface area contributed by atoms with E-state index in [0.29, 0.717) is 26.2 Å². The van der Waals surface area contributed by atoms with Crippen molar-refractivity contribution in [2.75, 3.05) is 37.6 Å². The van der Waals surface area contributed by atoms with Gasteiger partial charge >= 0.3 is 0 Å². The first-order valence-electron chi connectivity index (χ1n) is 8.19. The van der Waals surface area contributed by atoms with Gasteiger partial charge in [0.25, 0.3) is 0 Å². The summed E-state index contributed by atoms with van der Waals surface area (Å²) >= 11 is 0. The molecule has 1 aliphatic heterocycles. The Morgan fingerprint density at radius 2 is 1.58 bits per heavy atom. The van der Waals surface area contributed by atoms with Gasteiger partial charge in [-0.05, 0) is 31.0 Å². The van der Waals surface area contributed by atoms with Gasteiger partial charge in [0.15, 0.2) is 0 Å². The molecule has 0 spiro atoms. The van der Waals surface area contributed by atoms with Crippen molar-refractivity contribution in [2.24, 2.45) is 0 Å². The fourth-order valence-electron chi connectivity index (χ4n) is 2.90. The number of aryl methyl sites for hydroxylation is 1. The molecular formula is C18H25N3O3. The number of carbonyl (C=O) groups is 3. The van der Waals surface area contributed by atoms with Crippen LogP contribution in [-0.2, 0) is 14.4 Å². The molecule has 0 saturated carbocycles. The Hall–Kier alpha value is -2.37. The van der Waals surface area contributed by atoms with E-state index in [1.165, 1.54) is 18.7 Å². The minimum absolute atomic E-state index is 0.0275. The number of hydrogen-bond acceptors (Lipinski definition) is 3. The maximum atomic E-state index is 12.6. The molecule has 6 heteroatoms. The molecule has 130 valence electrons. The highest BCUT2D eigenvalue weighted by molar-refractivity contribution is 5.98. The van der Waals surface area contributed by atoms with Crippen LogP contribution >= 0.6 is 0 Å². The average molecular weight is 331 g/mol. The predicted molar refractivity (Wildman–Crippen MR) is 92.8 cm³/mol. The van der Waals surface area contributed by atoms with E-state index in [1.54, 1.807) is 9.80 Å². The molecule has 0 N–H and O–H groups in total. The molecule has 2 rings (SSSR count). The second kappa shape index (κ2) is 7.47. The van der Waals surface area contributed by atoms with E-state index < -0.39 is 0 Å². The summed E-state index contributed by atoms with van der Waals surface area (Å²) in [4.78, 5) is 41.0. The van der Waals surface area contributed by atoms with Gasteiger partial charge < -0.3 is 14.7 Å². The van der Waals surface area contributed by atoms with Crippen LogP contribution in [0.15, 0.2) is 18.2 Å². The normalized spacial score (nSPS) is 14.5. The van der Waals surface area contributed by atoms with Gasteiger partial charge in [-0.1, -0.05) is 12.1 Å². The van der Waals surface area contributed by atoms with Crippen molar-refractivity contribution in [1.29, 1.82) is 0 Å². The van der Waals surface area contributed by atoms with Crippen LogP contribution in [0.4, 0.5) is 5.69 Å². The van der Waals surface area contributed by atoms with Gasteiger partial charge in [-0.3, -0.25) is 14.4 Å². The Bertz CT molecular complexity index is 649. The third-order valence-corrected chi connectivity index (χ3v) is 4.62. The van der Waals surface area contributed by atoms with E-state index in [-0.39, 0.29) is 24.3 Å². The molecule has 1 aromatic carbocycles. The monoisotopic (exact) mass is 331 g/mol. The topological polar surface area (TPSA) is 60.9 Å². The number of rotatable bonds is 3. The first-order valence-corrected chi connectivity index (χ1v) is 8.19. The van der Waals surface area contributed by atoms with E-state index in [1.807, 2.05) is 32.0 Å². The highest BCUT2D eigenvalue weighted by Crippen LogP contribution is 2.23. The van der Waals surface area contributed by atoms with Crippen LogP contribution in [0.1, 0.15) is 25.0 Å². The van der Waals surface area contributed by atoms with Crippen LogP contribution in [0.3, 0.4) is 0 Å². The Balaban J connectivity index is 2.09. The summed E-state index contributed by atoms with van der Waals surface area (Å²) < 4.78 is 0. The Kier molecular flexibility index (Phi) is 5.59. The zero-order valence-corrected chi connectivity index (χ0v) is 14.8. The molecule has 1 saturated heterocycles. The van der Waals surface area contributed by atoms with Crippen LogP contribution in [0.25, 0.3) is 0 Å². The van der Waals surface area contributed by atoms with Gasteiger partial charge in [0, 0.05) is 45.7 Å². The van der Waals surface area contributed by atoms with Gasteiger partial charge in [-0.25, -0.2) is 0 Å². The second-order valence-electron chi connectivity index (χ2n) is 6.21. The minimum Gasteiger partial charge on any atom is -0.339 e. The number of anilines is 1. The standard InChI is InChI=1S/C18H25N3O3/c1-13-6-5-7-17(14(13)2)21(16(4)23)12-18(24)20-10-8-19(9-11-20)15(3)22/h5-7H,8-12H2,1-4H3. The van der Waals surface area contributed by atoms with Crippen LogP contribution in [0.2, 0.25) is 0 Å². The number of nitrogens with zero attached hydrogens (tertiary/aromatic N) is 3. The quantitative estimate of drug-likeness (QED) is 0.840. The first kappa shape index (κ1) is 18.0. The van der Waals surface area contributed by atoms with Crippen molar-refractivity contribution in [2.45, 2.75) is 27.7 Å². The lowest BCUT2D eigenvalue weighted by molar-refractivity contribution is -0.137. The van der Waals surface area contributed by atoms with E-state index in [9.17, 15) is 14.4 Å². The lowest BCUT2D eigenvalue weighted by Gasteiger charge is -2.35. The maximum absolute atomic E-state index is 12.6. The first-order chi connectivity index (χ1) is 11.3. The third kappa shape index (κ3) is 3.93. The van der Waals surface area contributed by atoms with Crippen LogP contribution in [-0.4, -0.2) is 60.2 Å². The summed E-state index contributed by atoms with van der Waals surface area (Å²) in [5.41, 5.74) is 2.86. The van der Waals surface area contributed by atoms with E-state index in [4.69, 9.17) is 0 Å². The summed E-state index contributed by atoms with van der Waals surface area (Å²) in [6.45, 7) is 9.09. The van der Waals surface area contributed by atoms with Crippen molar-refractivity contribution in [3.05, 3.63) is 29.3 Å². The van der Waals surface area contributed by atoms with E-state index in [0.717, 1.165) is 16.8 Å². The molecule has 1 aliphatic rings.